The van der Waals surface area contributed by atoms with E-state index in [9.17, 15) is 4.79 Å². The van der Waals surface area contributed by atoms with Crippen molar-refractivity contribution in [2.75, 3.05) is 13.2 Å². The number of ether oxygens (including phenoxy) is 1. The minimum Gasteiger partial charge on any atom is -0.461 e. The molecule has 0 N–H and O–H groups in total. The molecule has 2 rings (SSSR count). The quantitative estimate of drug-likeness (QED) is 0.472. The average Bonchev–Trinajstić information content (AvgIpc) is 2.48. The van der Waals surface area contributed by atoms with E-state index in [1.807, 2.05) is 36.6 Å². The van der Waals surface area contributed by atoms with Gasteiger partial charge in [0.25, 0.3) is 0 Å². The fourth-order valence-electron chi connectivity index (χ4n) is 1.51. The lowest BCUT2D eigenvalue weighted by molar-refractivity contribution is -0.135. The van der Waals surface area contributed by atoms with Crippen LogP contribution in [0.15, 0.2) is 49.5 Å². The van der Waals surface area contributed by atoms with Crippen molar-refractivity contribution in [2.45, 2.75) is 23.6 Å². The Kier molecular flexibility index (Phi) is 5.55. The lowest BCUT2D eigenvalue weighted by atomic mass is 10.3. The third-order valence-electron chi connectivity index (χ3n) is 2.35. The molecule has 0 atom stereocenters. The molecule has 0 amide bonds. The van der Waals surface area contributed by atoms with Crippen LogP contribution in [-0.2, 0) is 14.4 Å². The van der Waals surface area contributed by atoms with Crippen molar-refractivity contribution in [3.8, 4) is 0 Å². The first-order valence-electron chi connectivity index (χ1n) is 6.27. The topological polar surface area (TPSA) is 47.9 Å². The van der Waals surface area contributed by atoms with E-state index in [1.165, 1.54) is 16.7 Å². The Hall–Kier alpha value is -1.40. The number of carbonyl (C=O) groups excluding carboxylic acids is 1. The standard InChI is InChI=1S/C14H15NO3S2/c1-3-17-14(16)13(15-18-4-2)12-9-19-10-7-5-6-8-11(10)20-12/h5-9H,3-4H2,1-2H3. The largest absolute Gasteiger partial charge is 0.461 e. The van der Waals surface area contributed by atoms with Gasteiger partial charge in [0.1, 0.15) is 6.61 Å². The van der Waals surface area contributed by atoms with Crippen LogP contribution in [0.25, 0.3) is 0 Å². The molecule has 0 radical (unpaired) electrons. The molecule has 0 spiro atoms. The average molecular weight is 309 g/mol. The number of oxime groups is 1. The molecule has 1 aromatic rings. The second-order valence-corrected chi connectivity index (χ2v) is 5.72. The van der Waals surface area contributed by atoms with Crippen LogP contribution in [0.2, 0.25) is 0 Å². The highest BCUT2D eigenvalue weighted by molar-refractivity contribution is 8.09. The first-order valence-corrected chi connectivity index (χ1v) is 7.97. The number of hydrogen-bond acceptors (Lipinski definition) is 6. The van der Waals surface area contributed by atoms with Crippen molar-refractivity contribution in [3.63, 3.8) is 0 Å². The molecule has 4 nitrogen and oxygen atoms in total. The lowest BCUT2D eigenvalue weighted by Crippen LogP contribution is -2.19. The highest BCUT2D eigenvalue weighted by Crippen LogP contribution is 2.42. The van der Waals surface area contributed by atoms with Crippen LogP contribution in [0.1, 0.15) is 13.8 Å². The van der Waals surface area contributed by atoms with E-state index in [-0.39, 0.29) is 5.71 Å². The van der Waals surface area contributed by atoms with E-state index in [1.54, 1.807) is 18.7 Å². The van der Waals surface area contributed by atoms with E-state index >= 15 is 0 Å². The van der Waals surface area contributed by atoms with Crippen molar-refractivity contribution in [2.24, 2.45) is 5.16 Å². The molecule has 0 aromatic heterocycles. The van der Waals surface area contributed by atoms with Gasteiger partial charge in [-0.3, -0.25) is 0 Å². The van der Waals surface area contributed by atoms with Gasteiger partial charge in [-0.2, -0.15) is 0 Å². The second kappa shape index (κ2) is 7.40. The Bertz CT molecular complexity index is 555. The highest BCUT2D eigenvalue weighted by Gasteiger charge is 2.23. The number of hydrogen-bond donors (Lipinski definition) is 0. The molecule has 1 aliphatic heterocycles. The van der Waals surface area contributed by atoms with Gasteiger partial charge in [-0.1, -0.05) is 40.8 Å². The Morgan fingerprint density at radius 3 is 2.65 bits per heavy atom. The normalized spacial score (nSPS) is 14.3. The summed E-state index contributed by atoms with van der Waals surface area (Å²) in [5, 5.41) is 5.80. The summed E-state index contributed by atoms with van der Waals surface area (Å²) in [5.41, 5.74) is 0.223. The fourth-order valence-corrected chi connectivity index (χ4v) is 3.57. The van der Waals surface area contributed by atoms with Gasteiger partial charge in [-0.15, -0.1) is 0 Å². The number of thioether (sulfide) groups is 2. The summed E-state index contributed by atoms with van der Waals surface area (Å²) >= 11 is 3.07. The van der Waals surface area contributed by atoms with Crippen molar-refractivity contribution < 1.29 is 14.4 Å². The zero-order valence-corrected chi connectivity index (χ0v) is 12.9. The molecule has 0 aliphatic carbocycles. The van der Waals surface area contributed by atoms with Crippen LogP contribution in [-0.4, -0.2) is 24.9 Å². The van der Waals surface area contributed by atoms with Crippen molar-refractivity contribution >= 4 is 35.2 Å². The summed E-state index contributed by atoms with van der Waals surface area (Å²) in [6.45, 7) is 4.30. The van der Waals surface area contributed by atoms with Gasteiger partial charge in [-0.05, 0) is 31.4 Å². The zero-order valence-electron chi connectivity index (χ0n) is 11.3. The summed E-state index contributed by atoms with van der Waals surface area (Å²) in [5.74, 6) is -0.459. The minimum atomic E-state index is -0.459. The van der Waals surface area contributed by atoms with Crippen molar-refractivity contribution in [1.82, 2.24) is 0 Å². The van der Waals surface area contributed by atoms with Gasteiger partial charge >= 0.3 is 5.97 Å². The summed E-state index contributed by atoms with van der Waals surface area (Å²) in [7, 11) is 0. The molecule has 20 heavy (non-hydrogen) atoms. The number of fused-ring (bicyclic) bond motifs is 1. The molecule has 106 valence electrons. The monoisotopic (exact) mass is 309 g/mol. The molecule has 6 heteroatoms. The summed E-state index contributed by atoms with van der Waals surface area (Å²) in [6, 6.07) is 8.03. The van der Waals surface area contributed by atoms with Gasteiger partial charge < -0.3 is 9.57 Å². The van der Waals surface area contributed by atoms with E-state index in [4.69, 9.17) is 9.57 Å². The predicted molar refractivity (Wildman–Crippen MR) is 81.9 cm³/mol. The van der Waals surface area contributed by atoms with Crippen LogP contribution in [0.4, 0.5) is 0 Å². The predicted octanol–water partition coefficient (Wildman–Crippen LogP) is 3.68. The molecule has 1 aromatic carbocycles. The minimum absolute atomic E-state index is 0.223. The number of carbonyl (C=O) groups is 1. The maximum atomic E-state index is 12.0. The van der Waals surface area contributed by atoms with Crippen LogP contribution in [0.5, 0.6) is 0 Å². The lowest BCUT2D eigenvalue weighted by Gasteiger charge is -2.15. The van der Waals surface area contributed by atoms with Gasteiger partial charge in [0.2, 0.25) is 5.71 Å². The Morgan fingerprint density at radius 2 is 1.95 bits per heavy atom. The van der Waals surface area contributed by atoms with E-state index in [0.717, 1.165) is 9.80 Å². The molecule has 1 heterocycles. The highest BCUT2D eigenvalue weighted by atomic mass is 32.2. The Labute approximate surface area is 126 Å². The van der Waals surface area contributed by atoms with Crippen molar-refractivity contribution in [1.29, 1.82) is 0 Å². The summed E-state index contributed by atoms with van der Waals surface area (Å²) in [4.78, 5) is 20.0. The van der Waals surface area contributed by atoms with Gasteiger partial charge in [0.05, 0.1) is 11.5 Å². The third-order valence-corrected chi connectivity index (χ3v) is 4.70. The Morgan fingerprint density at radius 1 is 1.20 bits per heavy atom. The Balaban J connectivity index is 2.23. The number of rotatable bonds is 5. The maximum Gasteiger partial charge on any atom is 0.361 e. The molecular formula is C14H15NO3S2. The molecule has 1 aliphatic rings. The van der Waals surface area contributed by atoms with Gasteiger partial charge in [0.15, 0.2) is 0 Å². The molecule has 0 saturated heterocycles. The maximum absolute atomic E-state index is 12.0. The molecular weight excluding hydrogens is 294 g/mol. The SMILES string of the molecule is CCON=C(C(=O)OCC)C1=CSc2ccccc2S1. The summed E-state index contributed by atoms with van der Waals surface area (Å²) < 4.78 is 5.03. The third kappa shape index (κ3) is 3.58. The smallest absolute Gasteiger partial charge is 0.361 e. The molecule has 0 unspecified atom stereocenters. The zero-order chi connectivity index (χ0) is 14.4. The van der Waals surface area contributed by atoms with Crippen LogP contribution < -0.4 is 0 Å². The van der Waals surface area contributed by atoms with E-state index in [0.29, 0.717) is 13.2 Å². The van der Waals surface area contributed by atoms with Crippen LogP contribution in [0.3, 0.4) is 0 Å². The van der Waals surface area contributed by atoms with Gasteiger partial charge in [0, 0.05) is 9.79 Å². The van der Waals surface area contributed by atoms with Crippen LogP contribution >= 0.6 is 23.5 Å². The number of nitrogens with zero attached hydrogens (tertiary/aromatic N) is 1. The van der Waals surface area contributed by atoms with E-state index < -0.39 is 5.97 Å². The van der Waals surface area contributed by atoms with Gasteiger partial charge in [-0.25, -0.2) is 4.79 Å². The van der Waals surface area contributed by atoms with E-state index in [2.05, 4.69) is 5.16 Å². The first kappa shape index (κ1) is 15.0. The fraction of sp³-hybridized carbons (Fsp3) is 0.286. The second-order valence-electron chi connectivity index (χ2n) is 3.73. The molecule has 0 bridgehead atoms. The first-order chi connectivity index (χ1) is 9.76. The number of benzene rings is 1. The summed E-state index contributed by atoms with van der Waals surface area (Å²) in [6.07, 6.45) is 0. The van der Waals surface area contributed by atoms with Crippen molar-refractivity contribution in [3.05, 3.63) is 34.6 Å². The number of esters is 1. The van der Waals surface area contributed by atoms with Crippen LogP contribution in [0, 0.1) is 0 Å². The molecule has 0 fully saturated rings. The molecule has 0 saturated carbocycles.